The molecule has 0 saturated carbocycles. The predicted molar refractivity (Wildman–Crippen MR) is 128 cm³/mol. The van der Waals surface area contributed by atoms with Crippen molar-refractivity contribution in [3.63, 3.8) is 0 Å². The number of hydrogen-bond donors (Lipinski definition) is 2. The van der Waals surface area contributed by atoms with Crippen molar-refractivity contribution in [1.29, 1.82) is 0 Å². The predicted octanol–water partition coefficient (Wildman–Crippen LogP) is 3.70. The fraction of sp³-hybridized carbons (Fsp3) is 0.208. The number of aryl methyl sites for hydroxylation is 1. The molecule has 33 heavy (non-hydrogen) atoms. The summed E-state index contributed by atoms with van der Waals surface area (Å²) in [6.07, 6.45) is -0.932. The third-order valence-corrected chi connectivity index (χ3v) is 6.99. The van der Waals surface area contributed by atoms with Crippen molar-refractivity contribution in [2.75, 3.05) is 24.5 Å². The van der Waals surface area contributed by atoms with Crippen LogP contribution in [0.3, 0.4) is 0 Å². The summed E-state index contributed by atoms with van der Waals surface area (Å²) in [6.45, 7) is 1.24. The molecule has 7 nitrogen and oxygen atoms in total. The second-order valence-corrected chi connectivity index (χ2v) is 9.67. The van der Waals surface area contributed by atoms with Crippen LogP contribution in [0.1, 0.15) is 17.2 Å². The molecule has 0 radical (unpaired) electrons. The molecule has 0 aromatic heterocycles. The normalized spacial score (nSPS) is 12.1. The van der Waals surface area contributed by atoms with Gasteiger partial charge in [-0.25, -0.2) is 8.42 Å². The zero-order valence-electron chi connectivity index (χ0n) is 18.2. The Labute approximate surface area is 198 Å². The number of amides is 1. The molecule has 1 amide bonds. The van der Waals surface area contributed by atoms with Crippen molar-refractivity contribution in [2.45, 2.75) is 17.9 Å². The van der Waals surface area contributed by atoms with Gasteiger partial charge in [0, 0.05) is 11.6 Å². The summed E-state index contributed by atoms with van der Waals surface area (Å²) in [5.74, 6) is -0.352. The Morgan fingerprint density at radius 3 is 2.39 bits per heavy atom. The number of sulfonamides is 1. The van der Waals surface area contributed by atoms with Gasteiger partial charge in [0.05, 0.1) is 23.8 Å². The number of aliphatic hydroxyl groups is 1. The largest absolute Gasteiger partial charge is 0.495 e. The summed E-state index contributed by atoms with van der Waals surface area (Å²) in [5.41, 5.74) is 1.66. The highest BCUT2D eigenvalue weighted by molar-refractivity contribution is 7.92. The van der Waals surface area contributed by atoms with Gasteiger partial charge in [-0.15, -0.1) is 0 Å². The summed E-state index contributed by atoms with van der Waals surface area (Å²) in [6, 6.07) is 19.7. The fourth-order valence-corrected chi connectivity index (χ4v) is 4.77. The van der Waals surface area contributed by atoms with Crippen LogP contribution in [0.5, 0.6) is 5.75 Å². The minimum absolute atomic E-state index is 0.0206. The molecule has 3 aromatic carbocycles. The minimum Gasteiger partial charge on any atom is -0.495 e. The van der Waals surface area contributed by atoms with E-state index >= 15 is 0 Å². The van der Waals surface area contributed by atoms with E-state index < -0.39 is 28.6 Å². The third kappa shape index (κ3) is 6.04. The summed E-state index contributed by atoms with van der Waals surface area (Å²) in [7, 11) is -2.73. The molecule has 9 heteroatoms. The van der Waals surface area contributed by atoms with Gasteiger partial charge in [0.1, 0.15) is 12.3 Å². The summed E-state index contributed by atoms with van der Waals surface area (Å²) < 4.78 is 33.3. The van der Waals surface area contributed by atoms with Crippen molar-refractivity contribution in [3.8, 4) is 5.75 Å². The number of ether oxygens (including phenoxy) is 1. The Kier molecular flexibility index (Phi) is 7.97. The number of hydrogen-bond acceptors (Lipinski definition) is 5. The van der Waals surface area contributed by atoms with Gasteiger partial charge in [0.25, 0.3) is 10.0 Å². The van der Waals surface area contributed by atoms with E-state index in [2.05, 4.69) is 5.32 Å². The first kappa shape index (κ1) is 24.6. The lowest BCUT2D eigenvalue weighted by molar-refractivity contribution is -0.120. The quantitative estimate of drug-likeness (QED) is 0.478. The van der Waals surface area contributed by atoms with Crippen LogP contribution in [0, 0.1) is 6.92 Å². The number of carbonyl (C=O) groups is 1. The first-order chi connectivity index (χ1) is 15.7. The number of carbonyl (C=O) groups excluding carboxylic acids is 1. The number of halogens is 1. The van der Waals surface area contributed by atoms with E-state index in [1.54, 1.807) is 42.5 Å². The van der Waals surface area contributed by atoms with Crippen molar-refractivity contribution in [3.05, 3.63) is 88.9 Å². The molecular formula is C24H25ClN2O5S. The molecule has 2 N–H and O–H groups in total. The van der Waals surface area contributed by atoms with E-state index in [0.717, 1.165) is 9.87 Å². The minimum atomic E-state index is -4.13. The van der Waals surface area contributed by atoms with Gasteiger partial charge in [-0.05, 0) is 42.8 Å². The standard InChI is InChI=1S/C24H25ClN2O5S/c1-17-8-11-20(12-9-17)33(30,31)27(21-14-19(25)10-13-23(21)32-2)16-24(29)26-15-22(28)18-6-4-3-5-7-18/h3-14,22,28H,15-16H2,1-2H3,(H,26,29). The Morgan fingerprint density at radius 2 is 1.76 bits per heavy atom. The molecule has 3 aromatic rings. The number of anilines is 1. The molecule has 0 spiro atoms. The molecule has 0 aliphatic carbocycles. The molecule has 1 unspecified atom stereocenters. The number of nitrogens with zero attached hydrogens (tertiary/aromatic N) is 1. The average Bonchev–Trinajstić information content (AvgIpc) is 2.81. The Balaban J connectivity index is 1.90. The van der Waals surface area contributed by atoms with Crippen molar-refractivity contribution < 1.29 is 23.1 Å². The molecule has 0 saturated heterocycles. The highest BCUT2D eigenvalue weighted by atomic mass is 35.5. The first-order valence-corrected chi connectivity index (χ1v) is 12.0. The average molecular weight is 489 g/mol. The van der Waals surface area contributed by atoms with Crippen molar-refractivity contribution in [2.24, 2.45) is 0 Å². The molecule has 0 heterocycles. The Bertz CT molecular complexity index is 1200. The topological polar surface area (TPSA) is 95.9 Å². The molecule has 3 rings (SSSR count). The van der Waals surface area contributed by atoms with E-state index in [1.807, 2.05) is 13.0 Å². The van der Waals surface area contributed by atoms with Crippen LogP contribution < -0.4 is 14.4 Å². The van der Waals surface area contributed by atoms with E-state index in [0.29, 0.717) is 5.56 Å². The third-order valence-electron chi connectivity index (χ3n) is 4.98. The van der Waals surface area contributed by atoms with Crippen molar-refractivity contribution in [1.82, 2.24) is 5.32 Å². The van der Waals surface area contributed by atoms with Gasteiger partial charge in [-0.2, -0.15) is 0 Å². The van der Waals surface area contributed by atoms with E-state index in [-0.39, 0.29) is 27.9 Å². The van der Waals surface area contributed by atoms with Gasteiger partial charge in [-0.1, -0.05) is 59.6 Å². The van der Waals surface area contributed by atoms with Crippen molar-refractivity contribution >= 4 is 33.2 Å². The molecule has 0 bridgehead atoms. The first-order valence-electron chi connectivity index (χ1n) is 10.1. The summed E-state index contributed by atoms with van der Waals surface area (Å²) in [5, 5.41) is 13.2. The Hall–Kier alpha value is -3.07. The lowest BCUT2D eigenvalue weighted by Crippen LogP contribution is -2.42. The van der Waals surface area contributed by atoms with Crippen LogP contribution >= 0.6 is 11.6 Å². The number of nitrogens with one attached hydrogen (secondary N) is 1. The van der Waals surface area contributed by atoms with Gasteiger partial charge >= 0.3 is 0 Å². The second-order valence-electron chi connectivity index (χ2n) is 7.37. The van der Waals surface area contributed by atoms with E-state index in [1.165, 1.54) is 31.4 Å². The lowest BCUT2D eigenvalue weighted by Gasteiger charge is -2.26. The van der Waals surface area contributed by atoms with Crippen LogP contribution in [0.25, 0.3) is 0 Å². The summed E-state index contributed by atoms with van der Waals surface area (Å²) in [4.78, 5) is 12.8. The van der Waals surface area contributed by atoms with Crippen LogP contribution in [-0.2, 0) is 14.8 Å². The molecule has 174 valence electrons. The molecule has 0 fully saturated rings. The van der Waals surface area contributed by atoms with E-state index in [4.69, 9.17) is 16.3 Å². The molecule has 1 atom stereocenters. The number of methoxy groups -OCH3 is 1. The van der Waals surface area contributed by atoms with Gasteiger partial charge in [0.15, 0.2) is 0 Å². The second kappa shape index (κ2) is 10.7. The van der Waals surface area contributed by atoms with Crippen LogP contribution in [-0.4, -0.2) is 39.6 Å². The van der Waals surface area contributed by atoms with Gasteiger partial charge in [0.2, 0.25) is 5.91 Å². The molecule has 0 aliphatic rings. The maximum Gasteiger partial charge on any atom is 0.264 e. The van der Waals surface area contributed by atoms with E-state index in [9.17, 15) is 18.3 Å². The monoisotopic (exact) mass is 488 g/mol. The van der Waals surface area contributed by atoms with Gasteiger partial charge < -0.3 is 15.2 Å². The fourth-order valence-electron chi connectivity index (χ4n) is 3.19. The number of rotatable bonds is 9. The SMILES string of the molecule is COc1ccc(Cl)cc1N(CC(=O)NCC(O)c1ccccc1)S(=O)(=O)c1ccc(C)cc1. The lowest BCUT2D eigenvalue weighted by atomic mass is 10.1. The molecular weight excluding hydrogens is 464 g/mol. The molecule has 0 aliphatic heterocycles. The number of benzene rings is 3. The Morgan fingerprint density at radius 1 is 1.09 bits per heavy atom. The highest BCUT2D eigenvalue weighted by Crippen LogP contribution is 2.34. The van der Waals surface area contributed by atoms with Crippen LogP contribution in [0.15, 0.2) is 77.7 Å². The maximum absolute atomic E-state index is 13.5. The zero-order valence-corrected chi connectivity index (χ0v) is 19.8. The number of aliphatic hydroxyl groups excluding tert-OH is 1. The zero-order chi connectivity index (χ0) is 24.0. The van der Waals surface area contributed by atoms with Crippen LogP contribution in [0.2, 0.25) is 5.02 Å². The smallest absolute Gasteiger partial charge is 0.264 e. The maximum atomic E-state index is 13.5. The summed E-state index contributed by atoms with van der Waals surface area (Å²) >= 11 is 6.13. The van der Waals surface area contributed by atoms with Gasteiger partial charge in [-0.3, -0.25) is 9.10 Å². The van der Waals surface area contributed by atoms with Crippen LogP contribution in [0.4, 0.5) is 5.69 Å². The highest BCUT2D eigenvalue weighted by Gasteiger charge is 2.30.